The number of nitrogens with zero attached hydrogens (tertiary/aromatic N) is 3. The van der Waals surface area contributed by atoms with Crippen molar-refractivity contribution in [2.24, 2.45) is 0 Å². The molecule has 0 aromatic heterocycles. The Morgan fingerprint density at radius 1 is 1.23 bits per heavy atom. The molecule has 0 radical (unpaired) electrons. The van der Waals surface area contributed by atoms with Crippen LogP contribution in [0.1, 0.15) is 12.5 Å². The van der Waals surface area contributed by atoms with E-state index in [2.05, 4.69) is 15.1 Å². The minimum absolute atomic E-state index is 0.112. The van der Waals surface area contributed by atoms with Gasteiger partial charge in [-0.15, -0.1) is 0 Å². The van der Waals surface area contributed by atoms with Crippen molar-refractivity contribution in [1.82, 2.24) is 10.2 Å². The molecule has 2 heterocycles. The first kappa shape index (κ1) is 20.8. The molecule has 1 unspecified atom stereocenters. The van der Waals surface area contributed by atoms with Gasteiger partial charge in [0, 0.05) is 19.0 Å². The molecule has 8 heteroatoms. The molecule has 2 aliphatic rings. The summed E-state index contributed by atoms with van der Waals surface area (Å²) in [5, 5.41) is 2.62. The molecule has 0 bridgehead atoms. The van der Waals surface area contributed by atoms with Gasteiger partial charge >= 0.3 is 6.09 Å². The average Bonchev–Trinajstić information content (AvgIpc) is 3.10. The zero-order chi connectivity index (χ0) is 22.0. The zero-order valence-electron chi connectivity index (χ0n) is 17.2. The Morgan fingerprint density at radius 2 is 1.97 bits per heavy atom. The second-order valence-corrected chi connectivity index (χ2v) is 7.89. The normalized spacial score (nSPS) is 18.9. The van der Waals surface area contributed by atoms with E-state index in [0.717, 1.165) is 30.8 Å². The monoisotopic (exact) mass is 422 g/mol. The van der Waals surface area contributed by atoms with Crippen LogP contribution in [0.25, 0.3) is 16.0 Å². The fraction of sp³-hybridized carbons (Fsp3) is 0.348. The summed E-state index contributed by atoms with van der Waals surface area (Å²) in [4.78, 5) is 30.3. The third kappa shape index (κ3) is 4.67. The van der Waals surface area contributed by atoms with Gasteiger partial charge in [-0.05, 0) is 29.3 Å². The number of benzene rings is 2. The molecule has 4 rings (SSSR count). The van der Waals surface area contributed by atoms with Gasteiger partial charge in [-0.1, -0.05) is 24.3 Å². The Balaban J connectivity index is 1.41. The molecule has 7 nitrogen and oxygen atoms in total. The highest BCUT2D eigenvalue weighted by molar-refractivity contribution is 5.90. The van der Waals surface area contributed by atoms with E-state index < -0.39 is 18.0 Å². The number of rotatable bonds is 6. The Kier molecular flexibility index (Phi) is 5.87. The first-order valence-corrected chi connectivity index (χ1v) is 10.1. The predicted molar refractivity (Wildman–Crippen MR) is 114 cm³/mol. The molecule has 2 amide bonds. The van der Waals surface area contributed by atoms with Crippen molar-refractivity contribution in [2.45, 2.75) is 25.6 Å². The summed E-state index contributed by atoms with van der Waals surface area (Å²) in [5.74, 6) is -0.626. The van der Waals surface area contributed by atoms with Gasteiger partial charge in [-0.3, -0.25) is 14.6 Å². The standard InChI is InChI=1S/C23H23FN4O3/c1-15(29)26-10-20-14-28(23(30)31-20)19-7-8-21(22(24)9-19)17-5-3-16(4-6-17)11-27-12-18(13-27)25-2/h3-9,18,20H,10-14H2,1H3,(H,26,29). The molecule has 2 fully saturated rings. The summed E-state index contributed by atoms with van der Waals surface area (Å²) in [6, 6.07) is 12.5. The van der Waals surface area contributed by atoms with Crippen LogP contribution < -0.4 is 10.2 Å². The molecule has 2 aliphatic heterocycles. The van der Waals surface area contributed by atoms with E-state index >= 15 is 0 Å². The molecule has 31 heavy (non-hydrogen) atoms. The van der Waals surface area contributed by atoms with E-state index in [0.29, 0.717) is 11.3 Å². The molecule has 0 spiro atoms. The largest absolute Gasteiger partial charge is 0.442 e. The van der Waals surface area contributed by atoms with Crippen LogP contribution >= 0.6 is 0 Å². The summed E-state index contributed by atoms with van der Waals surface area (Å²) in [6.45, 7) is 11.3. The number of cyclic esters (lactones) is 1. The van der Waals surface area contributed by atoms with Crippen LogP contribution in [0.2, 0.25) is 0 Å². The molecule has 0 aliphatic carbocycles. The number of carbonyl (C=O) groups is 2. The molecule has 1 atom stereocenters. The number of halogens is 1. The predicted octanol–water partition coefficient (Wildman–Crippen LogP) is 3.06. The summed E-state index contributed by atoms with van der Waals surface area (Å²) in [5.41, 5.74) is 2.74. The van der Waals surface area contributed by atoms with Crippen molar-refractivity contribution in [2.75, 3.05) is 31.1 Å². The summed E-state index contributed by atoms with van der Waals surface area (Å²) in [6.07, 6.45) is -1.03. The molecular weight excluding hydrogens is 399 g/mol. The van der Waals surface area contributed by atoms with Crippen LogP contribution in [0.5, 0.6) is 0 Å². The van der Waals surface area contributed by atoms with E-state index in [4.69, 9.17) is 11.3 Å². The molecule has 2 aromatic rings. The summed E-state index contributed by atoms with van der Waals surface area (Å²) in [7, 11) is 0. The lowest BCUT2D eigenvalue weighted by atomic mass is 10.0. The number of ether oxygens (including phenoxy) is 1. The smallest absolute Gasteiger partial charge is 0.414 e. The highest BCUT2D eigenvalue weighted by Gasteiger charge is 2.33. The third-order valence-corrected chi connectivity index (χ3v) is 5.51. The number of nitrogens with one attached hydrogen (secondary N) is 1. The van der Waals surface area contributed by atoms with Crippen LogP contribution in [0, 0.1) is 12.4 Å². The number of hydrogen-bond donors (Lipinski definition) is 1. The second-order valence-electron chi connectivity index (χ2n) is 7.89. The van der Waals surface area contributed by atoms with Crippen molar-refractivity contribution < 1.29 is 18.7 Å². The summed E-state index contributed by atoms with van der Waals surface area (Å²) < 4.78 is 20.1. The van der Waals surface area contributed by atoms with Crippen LogP contribution in [0.15, 0.2) is 42.5 Å². The van der Waals surface area contributed by atoms with Crippen molar-refractivity contribution in [3.8, 4) is 11.1 Å². The number of carbonyl (C=O) groups excluding carboxylic acids is 2. The van der Waals surface area contributed by atoms with E-state index in [1.165, 1.54) is 17.9 Å². The quantitative estimate of drug-likeness (QED) is 0.727. The second kappa shape index (κ2) is 8.74. The Bertz CT molecular complexity index is 1030. The molecule has 2 saturated heterocycles. The maximum absolute atomic E-state index is 14.9. The zero-order valence-corrected chi connectivity index (χ0v) is 17.2. The fourth-order valence-corrected chi connectivity index (χ4v) is 3.80. The van der Waals surface area contributed by atoms with Gasteiger partial charge in [0.15, 0.2) is 0 Å². The van der Waals surface area contributed by atoms with Crippen molar-refractivity contribution in [3.63, 3.8) is 0 Å². The average molecular weight is 422 g/mol. The van der Waals surface area contributed by atoms with E-state index in [9.17, 15) is 14.0 Å². The van der Waals surface area contributed by atoms with Gasteiger partial charge in [0.05, 0.1) is 31.9 Å². The minimum Gasteiger partial charge on any atom is -0.442 e. The maximum Gasteiger partial charge on any atom is 0.414 e. The fourth-order valence-electron chi connectivity index (χ4n) is 3.80. The van der Waals surface area contributed by atoms with Gasteiger partial charge in [0.1, 0.15) is 11.9 Å². The van der Waals surface area contributed by atoms with Gasteiger partial charge in [-0.2, -0.15) is 0 Å². The van der Waals surface area contributed by atoms with Gasteiger partial charge in [0.25, 0.3) is 0 Å². The van der Waals surface area contributed by atoms with Crippen LogP contribution in [0.4, 0.5) is 14.9 Å². The number of anilines is 1. The molecule has 1 N–H and O–H groups in total. The van der Waals surface area contributed by atoms with Crippen molar-refractivity contribution in [1.29, 1.82) is 0 Å². The van der Waals surface area contributed by atoms with Gasteiger partial charge < -0.3 is 14.9 Å². The third-order valence-electron chi connectivity index (χ3n) is 5.51. The maximum atomic E-state index is 14.9. The Hall–Kier alpha value is -3.44. The first-order valence-electron chi connectivity index (χ1n) is 10.1. The summed E-state index contributed by atoms with van der Waals surface area (Å²) >= 11 is 0. The van der Waals surface area contributed by atoms with Gasteiger partial charge in [0.2, 0.25) is 11.9 Å². The minimum atomic E-state index is -0.557. The number of amides is 2. The van der Waals surface area contributed by atoms with E-state index in [1.54, 1.807) is 12.1 Å². The number of hydrogen-bond acceptors (Lipinski definition) is 4. The highest BCUT2D eigenvalue weighted by atomic mass is 19.1. The Morgan fingerprint density at radius 3 is 2.61 bits per heavy atom. The SMILES string of the molecule is [C-]#[N+]C1CN(Cc2ccc(-c3ccc(N4CC(CNC(C)=O)OC4=O)cc3F)cc2)C1. The Labute approximate surface area is 180 Å². The first-order chi connectivity index (χ1) is 14.9. The lowest BCUT2D eigenvalue weighted by Crippen LogP contribution is -2.48. The lowest BCUT2D eigenvalue weighted by Gasteiger charge is -2.31. The highest BCUT2D eigenvalue weighted by Crippen LogP contribution is 2.29. The van der Waals surface area contributed by atoms with E-state index in [-0.39, 0.29) is 25.0 Å². The molecule has 160 valence electrons. The topological polar surface area (TPSA) is 66.2 Å². The van der Waals surface area contributed by atoms with Gasteiger partial charge in [-0.25, -0.2) is 15.8 Å². The molecule has 0 saturated carbocycles. The van der Waals surface area contributed by atoms with Crippen molar-refractivity contribution in [3.05, 3.63) is 65.3 Å². The molecule has 2 aromatic carbocycles. The van der Waals surface area contributed by atoms with Crippen LogP contribution in [-0.4, -0.2) is 55.2 Å². The van der Waals surface area contributed by atoms with Crippen LogP contribution in [0.3, 0.4) is 0 Å². The lowest BCUT2D eigenvalue weighted by molar-refractivity contribution is -0.119. The molecular formula is C23H23FN4O3. The van der Waals surface area contributed by atoms with Crippen molar-refractivity contribution >= 4 is 17.7 Å². The number of likely N-dealkylation sites (tertiary alicyclic amines) is 1. The van der Waals surface area contributed by atoms with E-state index in [1.807, 2.05) is 24.3 Å². The van der Waals surface area contributed by atoms with Crippen LogP contribution in [-0.2, 0) is 16.1 Å².